The average Bonchev–Trinajstić information content (AvgIpc) is 2.80. The molecule has 1 saturated heterocycles. The molecule has 0 aromatic rings. The summed E-state index contributed by atoms with van der Waals surface area (Å²) in [6, 6.07) is 0. The first-order valence-electron chi connectivity index (χ1n) is 7.33. The van der Waals surface area contributed by atoms with Crippen LogP contribution in [0.5, 0.6) is 0 Å². The van der Waals surface area contributed by atoms with E-state index in [1.807, 2.05) is 18.2 Å². The third-order valence-electron chi connectivity index (χ3n) is 3.69. The number of thioether (sulfide) groups is 1. The first-order valence-corrected chi connectivity index (χ1v) is 8.55. The van der Waals surface area contributed by atoms with E-state index in [0.29, 0.717) is 17.1 Å². The van der Waals surface area contributed by atoms with Crippen molar-refractivity contribution < 1.29 is 9.66 Å². The monoisotopic (exact) mass is 317 g/mol. The van der Waals surface area contributed by atoms with Crippen LogP contribution in [0.3, 0.4) is 0 Å². The summed E-state index contributed by atoms with van der Waals surface area (Å²) in [6.45, 7) is 5.88. The van der Waals surface area contributed by atoms with Gasteiger partial charge in [-0.2, -0.15) is 0 Å². The molecule has 1 fully saturated rings. The molecular formula is C14H27N3O3S. The Balaban J connectivity index is 2.24. The van der Waals surface area contributed by atoms with Crippen LogP contribution >= 0.6 is 11.8 Å². The van der Waals surface area contributed by atoms with Crippen LogP contribution in [0.15, 0.2) is 11.2 Å². The Hall–Kier alpha value is -0.790. The highest BCUT2D eigenvalue weighted by molar-refractivity contribution is 8.02. The van der Waals surface area contributed by atoms with Gasteiger partial charge in [-0.05, 0) is 45.5 Å². The Morgan fingerprint density at radius 1 is 1.48 bits per heavy atom. The van der Waals surface area contributed by atoms with Gasteiger partial charge < -0.3 is 14.5 Å². The molecular weight excluding hydrogens is 290 g/mol. The fourth-order valence-corrected chi connectivity index (χ4v) is 3.24. The summed E-state index contributed by atoms with van der Waals surface area (Å²) >= 11 is 1.41. The SMILES string of the molecule is CSC(=C[N+](=O)[O-])N(C)CCCN(C)CC1COC(C)C1. The van der Waals surface area contributed by atoms with E-state index in [-0.39, 0.29) is 0 Å². The summed E-state index contributed by atoms with van der Waals surface area (Å²) in [4.78, 5) is 14.4. The number of hydrogen-bond acceptors (Lipinski definition) is 6. The highest BCUT2D eigenvalue weighted by Crippen LogP contribution is 2.20. The van der Waals surface area contributed by atoms with Gasteiger partial charge in [-0.1, -0.05) is 0 Å². The fraction of sp³-hybridized carbons (Fsp3) is 0.857. The van der Waals surface area contributed by atoms with Crippen molar-refractivity contribution in [3.8, 4) is 0 Å². The number of nitrogens with zero attached hydrogens (tertiary/aromatic N) is 3. The number of ether oxygens (including phenoxy) is 1. The van der Waals surface area contributed by atoms with Gasteiger partial charge in [0.05, 0.1) is 17.6 Å². The Morgan fingerprint density at radius 2 is 2.19 bits per heavy atom. The molecule has 1 heterocycles. The molecule has 0 N–H and O–H groups in total. The summed E-state index contributed by atoms with van der Waals surface area (Å²) in [5.41, 5.74) is 0. The van der Waals surface area contributed by atoms with E-state index in [4.69, 9.17) is 4.74 Å². The maximum Gasteiger partial charge on any atom is 0.264 e. The summed E-state index contributed by atoms with van der Waals surface area (Å²) in [6.07, 6.45) is 5.47. The molecule has 0 aliphatic carbocycles. The van der Waals surface area contributed by atoms with Gasteiger partial charge in [-0.3, -0.25) is 10.1 Å². The number of hydrogen-bond donors (Lipinski definition) is 0. The predicted octanol–water partition coefficient (Wildman–Crippen LogP) is 2.10. The predicted molar refractivity (Wildman–Crippen MR) is 86.9 cm³/mol. The van der Waals surface area contributed by atoms with Crippen LogP contribution in [0.1, 0.15) is 19.8 Å². The lowest BCUT2D eigenvalue weighted by molar-refractivity contribution is -0.403. The molecule has 21 heavy (non-hydrogen) atoms. The second-order valence-corrected chi connectivity index (χ2v) is 6.57. The smallest absolute Gasteiger partial charge is 0.264 e. The topological polar surface area (TPSA) is 58.9 Å². The van der Waals surface area contributed by atoms with E-state index in [1.165, 1.54) is 11.8 Å². The third-order valence-corrected chi connectivity index (χ3v) is 4.52. The largest absolute Gasteiger partial charge is 0.378 e. The van der Waals surface area contributed by atoms with Gasteiger partial charge in [-0.25, -0.2) is 0 Å². The van der Waals surface area contributed by atoms with E-state index in [2.05, 4.69) is 18.9 Å². The molecule has 0 aromatic heterocycles. The second-order valence-electron chi connectivity index (χ2n) is 5.74. The van der Waals surface area contributed by atoms with Crippen LogP contribution in [0.4, 0.5) is 0 Å². The van der Waals surface area contributed by atoms with E-state index in [0.717, 1.165) is 45.3 Å². The van der Waals surface area contributed by atoms with Crippen LogP contribution in [0.25, 0.3) is 0 Å². The molecule has 7 heteroatoms. The Morgan fingerprint density at radius 3 is 2.71 bits per heavy atom. The lowest BCUT2D eigenvalue weighted by Gasteiger charge is -2.23. The average molecular weight is 317 g/mol. The van der Waals surface area contributed by atoms with Gasteiger partial charge in [0, 0.05) is 20.1 Å². The van der Waals surface area contributed by atoms with E-state index in [1.54, 1.807) is 0 Å². The lowest BCUT2D eigenvalue weighted by atomic mass is 10.1. The minimum Gasteiger partial charge on any atom is -0.378 e. The van der Waals surface area contributed by atoms with Gasteiger partial charge in [0.15, 0.2) is 0 Å². The zero-order valence-corrected chi connectivity index (χ0v) is 14.3. The molecule has 2 atom stereocenters. The Labute approximate surface area is 131 Å². The molecule has 0 amide bonds. The standard InChI is InChI=1S/C14H27N3O3S/c1-12-8-13(11-20-12)9-15(2)6-5-7-16(3)14(21-4)10-17(18)19/h10,12-13H,5-9,11H2,1-4H3. The highest BCUT2D eigenvalue weighted by atomic mass is 32.2. The molecule has 6 nitrogen and oxygen atoms in total. The Kier molecular flexibility index (Phi) is 8.06. The fourth-order valence-electron chi connectivity index (χ4n) is 2.65. The maximum absolute atomic E-state index is 10.5. The summed E-state index contributed by atoms with van der Waals surface area (Å²) in [5.74, 6) is 0.638. The molecule has 0 saturated carbocycles. The zero-order valence-electron chi connectivity index (χ0n) is 13.4. The maximum atomic E-state index is 10.5. The third kappa shape index (κ3) is 7.15. The molecule has 1 aliphatic heterocycles. The van der Waals surface area contributed by atoms with Crippen LogP contribution in [0.2, 0.25) is 0 Å². The quantitative estimate of drug-likeness (QED) is 0.479. The van der Waals surface area contributed by atoms with E-state index >= 15 is 0 Å². The summed E-state index contributed by atoms with van der Waals surface area (Å²) < 4.78 is 5.58. The molecule has 1 aliphatic rings. The molecule has 122 valence electrons. The van der Waals surface area contributed by atoms with Gasteiger partial charge >= 0.3 is 0 Å². The Bertz CT molecular complexity index is 365. The molecule has 0 radical (unpaired) electrons. The van der Waals surface area contributed by atoms with Crippen LogP contribution in [-0.4, -0.2) is 67.4 Å². The number of nitro groups is 1. The minimum atomic E-state index is -0.393. The van der Waals surface area contributed by atoms with Gasteiger partial charge in [0.1, 0.15) is 5.03 Å². The van der Waals surface area contributed by atoms with Crippen LogP contribution in [0, 0.1) is 16.0 Å². The van der Waals surface area contributed by atoms with Crippen LogP contribution < -0.4 is 0 Å². The van der Waals surface area contributed by atoms with Crippen molar-refractivity contribution >= 4 is 11.8 Å². The molecule has 0 bridgehead atoms. The molecule has 0 aromatic carbocycles. The number of rotatable bonds is 9. The summed E-state index contributed by atoms with van der Waals surface area (Å²) in [7, 11) is 4.03. The lowest BCUT2D eigenvalue weighted by Crippen LogP contribution is -2.29. The van der Waals surface area contributed by atoms with Gasteiger partial charge in [0.2, 0.25) is 0 Å². The van der Waals surface area contributed by atoms with Crippen molar-refractivity contribution in [3.63, 3.8) is 0 Å². The normalized spacial score (nSPS) is 22.8. The molecule has 0 spiro atoms. The minimum absolute atomic E-state index is 0.393. The molecule has 1 rings (SSSR count). The van der Waals surface area contributed by atoms with Crippen LogP contribution in [-0.2, 0) is 4.74 Å². The van der Waals surface area contributed by atoms with Crippen molar-refractivity contribution in [2.24, 2.45) is 5.92 Å². The van der Waals surface area contributed by atoms with E-state index in [9.17, 15) is 10.1 Å². The van der Waals surface area contributed by atoms with Gasteiger partial charge in [-0.15, -0.1) is 11.8 Å². The summed E-state index contributed by atoms with van der Waals surface area (Å²) in [5, 5.41) is 11.2. The van der Waals surface area contributed by atoms with Gasteiger partial charge in [0.25, 0.3) is 6.20 Å². The van der Waals surface area contributed by atoms with Crippen molar-refractivity contribution in [1.82, 2.24) is 9.80 Å². The van der Waals surface area contributed by atoms with Crippen molar-refractivity contribution in [1.29, 1.82) is 0 Å². The highest BCUT2D eigenvalue weighted by Gasteiger charge is 2.22. The van der Waals surface area contributed by atoms with E-state index < -0.39 is 4.92 Å². The first kappa shape index (κ1) is 18.3. The zero-order chi connectivity index (χ0) is 15.8. The van der Waals surface area contributed by atoms with Crippen molar-refractivity contribution in [3.05, 3.63) is 21.3 Å². The second kappa shape index (κ2) is 9.27. The van der Waals surface area contributed by atoms with Crippen molar-refractivity contribution in [2.45, 2.75) is 25.9 Å². The molecule has 2 unspecified atom stereocenters. The first-order chi connectivity index (χ1) is 9.92. The van der Waals surface area contributed by atoms with Crippen molar-refractivity contribution in [2.75, 3.05) is 46.6 Å².